The Morgan fingerprint density at radius 1 is 1.05 bits per heavy atom. The third-order valence-corrected chi connectivity index (χ3v) is 19.6. The van der Waals surface area contributed by atoms with Crippen molar-refractivity contribution >= 4 is 51.9 Å². The summed E-state index contributed by atoms with van der Waals surface area (Å²) in [6.07, 6.45) is 14.0. The molecule has 1 amide bonds. The minimum absolute atomic E-state index is 0.102. The maximum absolute atomic E-state index is 14.0. The summed E-state index contributed by atoms with van der Waals surface area (Å²) < 4.78 is 44.1. The summed E-state index contributed by atoms with van der Waals surface area (Å²) in [5.41, 5.74) is 0.667. The Hall–Kier alpha value is -3.93. The predicted molar refractivity (Wildman–Crippen MR) is 248 cm³/mol. The molecule has 3 aliphatic rings. The van der Waals surface area contributed by atoms with E-state index in [4.69, 9.17) is 20.8 Å². The number of carbonyl (C=O) groups is 1. The molecule has 6 rings (SSSR count). The molecule has 1 aliphatic heterocycles. The van der Waals surface area contributed by atoms with Gasteiger partial charge in [-0.2, -0.15) is 0 Å². The standard InChI is InChI=1S/C49H63ClN2O6SSi/c1-7-17-36(33-58-60(48(3,4)5,41-19-11-9-12-20-41)42-21-13-10-14-22-42)34-59(55,56)51-47(54)37-24-26-46-44(30-37)52(32-38-23-25-43(38)45(53)8-2)29-16-15-18-39-31-40(50)27-28-49(39,6)35-57-46/h7-14,19-22,24,26-28,30-31,36,38-39,43,45,53H,1-2,15-18,23,25,29,32-35H2,3-6H3,(H,51,54)/t36-,38-,39?,43+,45+,49?/m0/s1. The molecule has 2 N–H and O–H groups in total. The largest absolute Gasteiger partial charge is 0.490 e. The van der Waals surface area contributed by atoms with Gasteiger partial charge in [0.2, 0.25) is 10.0 Å². The fourth-order valence-electron chi connectivity index (χ4n) is 9.34. The summed E-state index contributed by atoms with van der Waals surface area (Å²) in [7, 11) is -7.07. The molecule has 0 radical (unpaired) electrons. The normalized spacial score (nSPS) is 23.3. The van der Waals surface area contributed by atoms with Crippen LogP contribution in [0.3, 0.4) is 0 Å². The van der Waals surface area contributed by atoms with Crippen LogP contribution in [0.25, 0.3) is 0 Å². The summed E-state index contributed by atoms with van der Waals surface area (Å²) in [5.74, 6) is -0.325. The van der Waals surface area contributed by atoms with Crippen LogP contribution < -0.4 is 24.7 Å². The van der Waals surface area contributed by atoms with Gasteiger partial charge < -0.3 is 19.2 Å². The molecule has 3 aromatic rings. The monoisotopic (exact) mass is 870 g/mol. The summed E-state index contributed by atoms with van der Waals surface area (Å²) in [6.45, 7) is 18.4. The van der Waals surface area contributed by atoms with Crippen molar-refractivity contribution in [3.05, 3.63) is 133 Å². The van der Waals surface area contributed by atoms with E-state index >= 15 is 0 Å². The molecule has 6 atom stereocenters. The molecule has 60 heavy (non-hydrogen) atoms. The maximum Gasteiger partial charge on any atom is 0.264 e. The van der Waals surface area contributed by atoms with E-state index in [1.54, 1.807) is 30.4 Å². The lowest BCUT2D eigenvalue weighted by molar-refractivity contribution is 0.0465. The second kappa shape index (κ2) is 19.4. The lowest BCUT2D eigenvalue weighted by atomic mass is 9.70. The van der Waals surface area contributed by atoms with Crippen molar-refractivity contribution in [1.82, 2.24) is 4.72 Å². The molecule has 8 nitrogen and oxygen atoms in total. The number of ether oxygens (including phenoxy) is 1. The molecule has 322 valence electrons. The zero-order valence-electron chi connectivity index (χ0n) is 35.7. The van der Waals surface area contributed by atoms with Gasteiger partial charge in [0.1, 0.15) is 5.75 Å². The number of amides is 1. The molecule has 3 aromatic carbocycles. The van der Waals surface area contributed by atoms with E-state index in [9.17, 15) is 18.3 Å². The molecule has 11 heteroatoms. The van der Waals surface area contributed by atoms with Gasteiger partial charge in [-0.15, -0.1) is 13.2 Å². The van der Waals surface area contributed by atoms with Gasteiger partial charge in [-0.1, -0.05) is 131 Å². The van der Waals surface area contributed by atoms with Crippen molar-refractivity contribution < 1.29 is 27.5 Å². The van der Waals surface area contributed by atoms with E-state index in [-0.39, 0.29) is 46.1 Å². The molecular formula is C49H63ClN2O6SSi. The summed E-state index contributed by atoms with van der Waals surface area (Å²) in [4.78, 5) is 16.3. The fraction of sp³-hybridized carbons (Fsp3) is 0.449. The highest BCUT2D eigenvalue weighted by molar-refractivity contribution is 7.90. The number of sulfonamides is 1. The van der Waals surface area contributed by atoms with Crippen molar-refractivity contribution in [1.29, 1.82) is 0 Å². The highest BCUT2D eigenvalue weighted by atomic mass is 35.5. The molecule has 1 heterocycles. The van der Waals surface area contributed by atoms with Crippen LogP contribution in [0.15, 0.2) is 127 Å². The fourth-order valence-corrected chi connectivity index (χ4v) is 15.5. The van der Waals surface area contributed by atoms with Crippen molar-refractivity contribution in [2.75, 3.05) is 37.0 Å². The number of hydrogen-bond donors (Lipinski definition) is 2. The number of aliphatic hydroxyl groups is 1. The van der Waals surface area contributed by atoms with E-state index in [1.807, 2.05) is 42.5 Å². The third-order valence-electron chi connectivity index (χ3n) is 12.9. The average molecular weight is 872 g/mol. The van der Waals surface area contributed by atoms with Gasteiger partial charge in [-0.05, 0) is 89.5 Å². The van der Waals surface area contributed by atoms with Crippen LogP contribution in [0, 0.1) is 29.1 Å². The van der Waals surface area contributed by atoms with Crippen LogP contribution in [0.4, 0.5) is 5.69 Å². The quantitative estimate of drug-likeness (QED) is 0.116. The van der Waals surface area contributed by atoms with Gasteiger partial charge in [0.25, 0.3) is 14.2 Å². The first kappa shape index (κ1) is 45.6. The summed E-state index contributed by atoms with van der Waals surface area (Å²) >= 11 is 6.47. The maximum atomic E-state index is 14.0. The molecule has 1 fully saturated rings. The van der Waals surface area contributed by atoms with Crippen LogP contribution in [0.2, 0.25) is 5.04 Å². The number of benzene rings is 3. The van der Waals surface area contributed by atoms with Crippen molar-refractivity contribution in [3.63, 3.8) is 0 Å². The van der Waals surface area contributed by atoms with Crippen LogP contribution in [0.5, 0.6) is 5.75 Å². The Balaban J connectivity index is 1.25. The van der Waals surface area contributed by atoms with E-state index in [1.165, 1.54) is 0 Å². The van der Waals surface area contributed by atoms with E-state index in [0.717, 1.165) is 53.2 Å². The number of nitrogens with one attached hydrogen (secondary N) is 1. The lowest BCUT2D eigenvalue weighted by Gasteiger charge is -2.43. The molecular weight excluding hydrogens is 808 g/mol. The highest BCUT2D eigenvalue weighted by Crippen LogP contribution is 2.44. The van der Waals surface area contributed by atoms with E-state index < -0.39 is 36.3 Å². The number of halogens is 1. The zero-order valence-corrected chi connectivity index (χ0v) is 38.3. The molecule has 0 bridgehead atoms. The van der Waals surface area contributed by atoms with Gasteiger partial charge in [-0.3, -0.25) is 4.79 Å². The summed E-state index contributed by atoms with van der Waals surface area (Å²) in [5, 5.41) is 13.3. The number of allylic oxidation sites excluding steroid dienone is 4. The number of rotatable bonds is 15. The Morgan fingerprint density at radius 2 is 1.73 bits per heavy atom. The van der Waals surface area contributed by atoms with Crippen LogP contribution >= 0.6 is 11.6 Å². The smallest absolute Gasteiger partial charge is 0.264 e. The number of hydrogen-bond acceptors (Lipinski definition) is 7. The first-order valence-corrected chi connectivity index (χ1v) is 25.3. The number of fused-ring (bicyclic) bond motifs is 2. The van der Waals surface area contributed by atoms with Crippen molar-refractivity contribution in [2.45, 2.75) is 77.4 Å². The molecule has 0 spiro atoms. The first-order valence-electron chi connectivity index (χ1n) is 21.4. The molecule has 0 saturated heterocycles. The van der Waals surface area contributed by atoms with Crippen LogP contribution in [-0.2, 0) is 14.4 Å². The van der Waals surface area contributed by atoms with E-state index in [2.05, 4.69) is 86.9 Å². The van der Waals surface area contributed by atoms with Crippen molar-refractivity contribution in [3.8, 4) is 5.75 Å². The topological polar surface area (TPSA) is 105 Å². The van der Waals surface area contributed by atoms with Gasteiger partial charge in [-0.25, -0.2) is 13.1 Å². The SMILES string of the molecule is C=CC[C@@H](CO[Si](c1ccccc1)(c1ccccc1)C(C)(C)C)CS(=O)(=O)NC(=O)c1ccc2c(c1)N(C[C@@H]1CC[C@H]1[C@H](O)C=C)CCCCC1C=C(Cl)C=CC1(C)CO2. The number of nitrogens with zero attached hydrogens (tertiary/aromatic N) is 1. The molecule has 2 unspecified atom stereocenters. The minimum atomic E-state index is -4.12. The minimum Gasteiger partial charge on any atom is -0.490 e. The van der Waals surface area contributed by atoms with Gasteiger partial charge in [0.05, 0.1) is 24.2 Å². The molecule has 2 aliphatic carbocycles. The predicted octanol–water partition coefficient (Wildman–Crippen LogP) is 8.77. The third kappa shape index (κ3) is 10.4. The van der Waals surface area contributed by atoms with E-state index in [0.29, 0.717) is 31.9 Å². The Kier molecular flexibility index (Phi) is 14.7. The number of aliphatic hydroxyl groups excluding tert-OH is 1. The van der Waals surface area contributed by atoms with Crippen LogP contribution in [0.1, 0.15) is 76.6 Å². The number of anilines is 1. The number of carbonyl (C=O) groups excluding carboxylic acids is 1. The zero-order chi connectivity index (χ0) is 43.1. The molecule has 0 aromatic heterocycles. The Labute approximate surface area is 364 Å². The average Bonchev–Trinajstić information content (AvgIpc) is 3.23. The first-order chi connectivity index (χ1) is 28.6. The lowest BCUT2D eigenvalue weighted by Crippen LogP contribution is -2.67. The second-order valence-corrected chi connectivity index (χ2v) is 24.7. The Bertz CT molecular complexity index is 2100. The van der Waals surface area contributed by atoms with Crippen LogP contribution in [-0.4, -0.2) is 65.9 Å². The van der Waals surface area contributed by atoms with Gasteiger partial charge >= 0.3 is 0 Å². The summed E-state index contributed by atoms with van der Waals surface area (Å²) in [6, 6.07) is 25.7. The second-order valence-electron chi connectivity index (χ2n) is 18.2. The molecule has 1 saturated carbocycles. The van der Waals surface area contributed by atoms with Gasteiger partial charge in [0.15, 0.2) is 0 Å². The Morgan fingerprint density at radius 3 is 2.33 bits per heavy atom. The van der Waals surface area contributed by atoms with Crippen molar-refractivity contribution in [2.24, 2.45) is 29.1 Å². The highest BCUT2D eigenvalue weighted by Gasteiger charge is 2.50. The van der Waals surface area contributed by atoms with Gasteiger partial charge in [0, 0.05) is 41.6 Å².